The van der Waals surface area contributed by atoms with Crippen molar-refractivity contribution in [3.63, 3.8) is 0 Å². The molecule has 0 aromatic rings. The number of carboxylic acids is 1. The van der Waals surface area contributed by atoms with Crippen molar-refractivity contribution >= 4 is 17.8 Å². The lowest BCUT2D eigenvalue weighted by atomic mass is 9.32. The highest BCUT2D eigenvalue weighted by atomic mass is 16.5. The van der Waals surface area contributed by atoms with E-state index in [-0.39, 0.29) is 52.2 Å². The van der Waals surface area contributed by atoms with Crippen LogP contribution in [-0.2, 0) is 19.1 Å². The Kier molecular flexibility index (Phi) is 9.53. The lowest BCUT2D eigenvalue weighted by molar-refractivity contribution is -0.249. The zero-order chi connectivity index (χ0) is 35.9. The van der Waals surface area contributed by atoms with Gasteiger partial charge in [-0.25, -0.2) is 0 Å². The molecule has 276 valence electrons. The number of carbonyl (C=O) groups is 3. The van der Waals surface area contributed by atoms with Crippen LogP contribution in [0, 0.1) is 68.5 Å². The molecule has 7 heteroatoms. The standard InChI is InChI=1S/C42H68N2O5/c1-24(2)28-12-13-29-25(20-34(45)44-27-11-10-26(43)21-27)22-42(9)30(36(28)29)14-15-32-40(7)18-17-33(49-35(46)23-38(3,4)37(47)48)39(5,6)31(40)16-19-41(32,42)8/h25-33,36H,1,10-23,43H2,2-9H3,(H,44,45)(H,47,48)/t25-,26+,27-,28-,29?,30+,31-,32+,33-,36-,40-,41+,42+/m0/s1. The zero-order valence-corrected chi connectivity index (χ0v) is 32.0. The van der Waals surface area contributed by atoms with Gasteiger partial charge < -0.3 is 20.9 Å². The Hall–Kier alpha value is -1.89. The molecule has 6 fully saturated rings. The first-order chi connectivity index (χ1) is 22.7. The zero-order valence-electron chi connectivity index (χ0n) is 32.0. The lowest BCUT2D eigenvalue weighted by Crippen LogP contribution is -2.66. The van der Waals surface area contributed by atoms with Gasteiger partial charge in [0.2, 0.25) is 5.91 Å². The molecule has 4 N–H and O–H groups in total. The van der Waals surface area contributed by atoms with Gasteiger partial charge in [-0.3, -0.25) is 14.4 Å². The summed E-state index contributed by atoms with van der Waals surface area (Å²) in [5, 5.41) is 13.0. The topological polar surface area (TPSA) is 119 Å². The highest BCUT2D eigenvalue weighted by Gasteiger charge is 2.70. The van der Waals surface area contributed by atoms with Gasteiger partial charge in [0, 0.05) is 23.9 Å². The number of allylic oxidation sites excluding steroid dienone is 1. The number of hydrogen-bond acceptors (Lipinski definition) is 5. The number of nitrogens with one attached hydrogen (secondary N) is 1. The lowest BCUT2D eigenvalue weighted by Gasteiger charge is -2.73. The fourth-order valence-electron chi connectivity index (χ4n) is 14.1. The van der Waals surface area contributed by atoms with Crippen LogP contribution in [0.4, 0.5) is 0 Å². The SMILES string of the molecule is C=C(C)[C@@H]1CCC2[C@@H](CC(=O)N[C@H]3CC[C@@H](N)C3)C[C@]3(C)[C@H](CC[C@@H]4[C@@]5(C)CC[C@H](OC(=O)CC(C)(C)C(=O)O)C(C)(C)[C@@H]5CC[C@]43C)[C@H]21. The number of fused-ring (bicyclic) bond motifs is 7. The Labute approximate surface area is 296 Å². The average Bonchev–Trinajstić information content (AvgIpc) is 3.61. The summed E-state index contributed by atoms with van der Waals surface area (Å²) in [6.07, 6.45) is 13.4. The third-order valence-corrected chi connectivity index (χ3v) is 16.8. The van der Waals surface area contributed by atoms with Crippen LogP contribution in [-0.4, -0.2) is 41.1 Å². The third kappa shape index (κ3) is 6.02. The number of carboxylic acid groups (broad SMARTS) is 1. The molecule has 0 saturated heterocycles. The van der Waals surface area contributed by atoms with E-state index in [1.807, 2.05) is 0 Å². The van der Waals surface area contributed by atoms with Crippen LogP contribution in [0.5, 0.6) is 0 Å². The number of aliphatic carboxylic acids is 1. The molecule has 1 amide bonds. The molecule has 0 spiro atoms. The summed E-state index contributed by atoms with van der Waals surface area (Å²) in [6, 6.07) is 0.437. The fourth-order valence-corrected chi connectivity index (χ4v) is 14.1. The molecule has 13 atom stereocenters. The fraction of sp³-hybridized carbons (Fsp3) is 0.881. The minimum atomic E-state index is -1.14. The molecule has 0 aromatic carbocycles. The average molecular weight is 681 g/mol. The third-order valence-electron chi connectivity index (χ3n) is 16.8. The van der Waals surface area contributed by atoms with Crippen LogP contribution in [0.25, 0.3) is 0 Å². The molecule has 6 rings (SSSR count). The second-order valence-electron chi connectivity index (χ2n) is 20.2. The number of esters is 1. The van der Waals surface area contributed by atoms with Crippen molar-refractivity contribution in [2.24, 2.45) is 74.2 Å². The van der Waals surface area contributed by atoms with Crippen LogP contribution < -0.4 is 11.1 Å². The summed E-state index contributed by atoms with van der Waals surface area (Å²) in [7, 11) is 0. The normalized spacial score (nSPS) is 45.7. The van der Waals surface area contributed by atoms with Gasteiger partial charge in [0.05, 0.1) is 11.8 Å². The Morgan fingerprint density at radius 2 is 1.63 bits per heavy atom. The van der Waals surface area contributed by atoms with E-state index >= 15 is 0 Å². The second-order valence-corrected chi connectivity index (χ2v) is 20.2. The van der Waals surface area contributed by atoms with E-state index < -0.39 is 17.4 Å². The molecule has 6 aliphatic carbocycles. The predicted molar refractivity (Wildman–Crippen MR) is 193 cm³/mol. The van der Waals surface area contributed by atoms with Gasteiger partial charge in [-0.2, -0.15) is 0 Å². The molecule has 7 nitrogen and oxygen atoms in total. The minimum Gasteiger partial charge on any atom is -0.481 e. The Bertz CT molecular complexity index is 1340. The molecule has 0 heterocycles. The van der Waals surface area contributed by atoms with Crippen LogP contribution in [0.3, 0.4) is 0 Å². The number of nitrogens with two attached hydrogens (primary N) is 1. The van der Waals surface area contributed by atoms with Gasteiger partial charge in [-0.15, -0.1) is 0 Å². The first-order valence-corrected chi connectivity index (χ1v) is 19.9. The van der Waals surface area contributed by atoms with Crippen molar-refractivity contribution in [2.45, 2.75) is 163 Å². The highest BCUT2D eigenvalue weighted by Crippen LogP contribution is 2.77. The first kappa shape index (κ1) is 36.9. The van der Waals surface area contributed by atoms with E-state index in [0.717, 1.165) is 51.4 Å². The van der Waals surface area contributed by atoms with E-state index in [9.17, 15) is 19.5 Å². The molecule has 0 aliphatic heterocycles. The number of amides is 1. The van der Waals surface area contributed by atoms with Crippen LogP contribution in [0.15, 0.2) is 12.2 Å². The number of ether oxygens (including phenoxy) is 1. The van der Waals surface area contributed by atoms with Crippen LogP contribution in [0.2, 0.25) is 0 Å². The molecule has 0 aromatic heterocycles. The van der Waals surface area contributed by atoms with Crippen LogP contribution >= 0.6 is 0 Å². The van der Waals surface area contributed by atoms with Crippen molar-refractivity contribution in [1.82, 2.24) is 5.32 Å². The van der Waals surface area contributed by atoms with Gasteiger partial charge in [0.15, 0.2) is 0 Å². The summed E-state index contributed by atoms with van der Waals surface area (Å²) in [6.45, 7) is 22.4. The predicted octanol–water partition coefficient (Wildman–Crippen LogP) is 8.30. The number of hydrogen-bond donors (Lipinski definition) is 3. The summed E-state index contributed by atoms with van der Waals surface area (Å²) < 4.78 is 6.18. The smallest absolute Gasteiger partial charge is 0.309 e. The Morgan fingerprint density at radius 3 is 2.27 bits per heavy atom. The molecule has 49 heavy (non-hydrogen) atoms. The molecule has 0 bridgehead atoms. The minimum absolute atomic E-state index is 0.113. The molecule has 0 radical (unpaired) electrons. The molecular weight excluding hydrogens is 612 g/mol. The molecular formula is C42H68N2O5. The van der Waals surface area contributed by atoms with Crippen molar-refractivity contribution in [3.8, 4) is 0 Å². The molecule has 6 aliphatic rings. The first-order valence-electron chi connectivity index (χ1n) is 19.9. The van der Waals surface area contributed by atoms with E-state index in [4.69, 9.17) is 10.5 Å². The van der Waals surface area contributed by atoms with E-state index in [0.29, 0.717) is 47.8 Å². The summed E-state index contributed by atoms with van der Waals surface area (Å²) >= 11 is 0. The van der Waals surface area contributed by atoms with E-state index in [1.54, 1.807) is 13.8 Å². The van der Waals surface area contributed by atoms with Crippen molar-refractivity contribution in [1.29, 1.82) is 0 Å². The van der Waals surface area contributed by atoms with Gasteiger partial charge >= 0.3 is 11.9 Å². The van der Waals surface area contributed by atoms with E-state index in [1.165, 1.54) is 31.3 Å². The van der Waals surface area contributed by atoms with Gasteiger partial charge in [0.25, 0.3) is 0 Å². The maximum absolute atomic E-state index is 13.7. The van der Waals surface area contributed by atoms with Crippen molar-refractivity contribution in [2.75, 3.05) is 0 Å². The maximum Gasteiger partial charge on any atom is 0.309 e. The summed E-state index contributed by atoms with van der Waals surface area (Å²) in [5.41, 5.74) is 6.62. The van der Waals surface area contributed by atoms with Gasteiger partial charge in [0.1, 0.15) is 6.10 Å². The molecule has 1 unspecified atom stereocenters. The van der Waals surface area contributed by atoms with Crippen LogP contribution in [0.1, 0.15) is 145 Å². The summed E-state index contributed by atoms with van der Waals surface area (Å²) in [5.74, 6) is 2.66. The number of rotatable bonds is 8. The second kappa shape index (κ2) is 12.7. The molecule has 6 saturated carbocycles. The van der Waals surface area contributed by atoms with Crippen molar-refractivity contribution < 1.29 is 24.2 Å². The summed E-state index contributed by atoms with van der Waals surface area (Å²) in [4.78, 5) is 38.5. The van der Waals surface area contributed by atoms with Crippen molar-refractivity contribution in [3.05, 3.63) is 12.2 Å². The maximum atomic E-state index is 13.7. The van der Waals surface area contributed by atoms with E-state index in [2.05, 4.69) is 53.4 Å². The number of carbonyl (C=O) groups excluding carboxylic acids is 2. The quantitative estimate of drug-likeness (QED) is 0.175. The highest BCUT2D eigenvalue weighted by molar-refractivity contribution is 5.81. The Balaban J connectivity index is 1.25. The largest absolute Gasteiger partial charge is 0.481 e. The van der Waals surface area contributed by atoms with Gasteiger partial charge in [-0.1, -0.05) is 46.8 Å². The monoisotopic (exact) mass is 681 g/mol. The van der Waals surface area contributed by atoms with Gasteiger partial charge in [-0.05, 0) is 155 Å². The Morgan fingerprint density at radius 1 is 0.918 bits per heavy atom.